The van der Waals surface area contributed by atoms with Crippen LogP contribution in [-0.4, -0.2) is 27.5 Å². The molecule has 0 aliphatic carbocycles. The van der Waals surface area contributed by atoms with Gasteiger partial charge < -0.3 is 10.4 Å². The first-order chi connectivity index (χ1) is 10.1. The van der Waals surface area contributed by atoms with Gasteiger partial charge >= 0.3 is 5.97 Å². The lowest BCUT2D eigenvalue weighted by molar-refractivity contribution is -0.385. The molecule has 1 heterocycles. The fraction of sp³-hybridized carbons (Fsp3) is 0.143. The first-order valence-corrected chi connectivity index (χ1v) is 6.22. The van der Waals surface area contributed by atoms with E-state index in [-0.39, 0.29) is 5.56 Å². The molecule has 21 heavy (non-hydrogen) atoms. The Morgan fingerprint density at radius 2 is 2.00 bits per heavy atom. The summed E-state index contributed by atoms with van der Waals surface area (Å²) in [7, 11) is 0. The van der Waals surface area contributed by atoms with Gasteiger partial charge in [0.15, 0.2) is 0 Å². The van der Waals surface area contributed by atoms with Crippen molar-refractivity contribution in [3.05, 3.63) is 64.0 Å². The number of nitrogens with zero attached hydrogens (tertiary/aromatic N) is 2. The van der Waals surface area contributed by atoms with Crippen molar-refractivity contribution in [2.45, 2.75) is 6.42 Å². The lowest BCUT2D eigenvalue weighted by Crippen LogP contribution is -2.07. The van der Waals surface area contributed by atoms with E-state index in [1.807, 2.05) is 12.1 Å². The van der Waals surface area contributed by atoms with Gasteiger partial charge in [-0.15, -0.1) is 0 Å². The molecule has 7 heteroatoms. The van der Waals surface area contributed by atoms with Crippen LogP contribution < -0.4 is 5.32 Å². The fourth-order valence-corrected chi connectivity index (χ4v) is 1.88. The second-order valence-electron chi connectivity index (χ2n) is 4.33. The van der Waals surface area contributed by atoms with Crippen LogP contribution in [-0.2, 0) is 6.42 Å². The highest BCUT2D eigenvalue weighted by atomic mass is 16.6. The summed E-state index contributed by atoms with van der Waals surface area (Å²) in [6.07, 6.45) is 4.13. The van der Waals surface area contributed by atoms with E-state index in [4.69, 9.17) is 5.11 Å². The zero-order valence-corrected chi connectivity index (χ0v) is 11.0. The molecule has 0 aliphatic rings. The summed E-state index contributed by atoms with van der Waals surface area (Å²) in [5.74, 6) is -1.32. The number of nitro groups is 1. The highest BCUT2D eigenvalue weighted by Gasteiger charge is 2.19. The van der Waals surface area contributed by atoms with Crippen LogP contribution in [0.15, 0.2) is 42.7 Å². The predicted molar refractivity (Wildman–Crippen MR) is 76.5 cm³/mol. The molecule has 0 saturated heterocycles. The molecule has 0 bridgehead atoms. The molecule has 7 nitrogen and oxygen atoms in total. The third kappa shape index (κ3) is 3.75. The Hall–Kier alpha value is -2.96. The minimum absolute atomic E-state index is 0.325. The van der Waals surface area contributed by atoms with Gasteiger partial charge in [0, 0.05) is 30.7 Å². The highest BCUT2D eigenvalue weighted by molar-refractivity contribution is 5.93. The molecule has 2 aromatic rings. The topological polar surface area (TPSA) is 105 Å². The molecule has 1 aromatic heterocycles. The fourth-order valence-electron chi connectivity index (χ4n) is 1.88. The summed E-state index contributed by atoms with van der Waals surface area (Å²) >= 11 is 0. The van der Waals surface area contributed by atoms with Crippen molar-refractivity contribution in [1.29, 1.82) is 0 Å². The zero-order valence-electron chi connectivity index (χ0n) is 11.0. The molecular weight excluding hydrogens is 274 g/mol. The zero-order chi connectivity index (χ0) is 15.2. The molecule has 0 saturated carbocycles. The third-order valence-corrected chi connectivity index (χ3v) is 2.92. The van der Waals surface area contributed by atoms with Crippen molar-refractivity contribution in [3.8, 4) is 0 Å². The molecule has 1 aromatic carbocycles. The van der Waals surface area contributed by atoms with Crippen LogP contribution in [0.2, 0.25) is 0 Å². The Kier molecular flexibility index (Phi) is 4.45. The molecule has 0 fully saturated rings. The molecular formula is C14H13N3O4. The number of pyridine rings is 1. The molecule has 2 N–H and O–H groups in total. The maximum Gasteiger partial charge on any atom is 0.342 e. The predicted octanol–water partition coefficient (Wildman–Crippen LogP) is 2.34. The van der Waals surface area contributed by atoms with E-state index < -0.39 is 16.6 Å². The Labute approximate surface area is 120 Å². The third-order valence-electron chi connectivity index (χ3n) is 2.92. The summed E-state index contributed by atoms with van der Waals surface area (Å²) in [5.41, 5.74) is 0.890. The van der Waals surface area contributed by atoms with Gasteiger partial charge in [-0.2, -0.15) is 0 Å². The number of carboxylic acid groups (broad SMARTS) is 1. The molecule has 0 atom stereocenters. The van der Waals surface area contributed by atoms with Crippen molar-refractivity contribution in [1.82, 2.24) is 4.98 Å². The van der Waals surface area contributed by atoms with E-state index in [1.165, 1.54) is 18.2 Å². The molecule has 0 spiro atoms. The summed E-state index contributed by atoms with van der Waals surface area (Å²) in [5, 5.41) is 22.8. The van der Waals surface area contributed by atoms with Crippen LogP contribution in [0.1, 0.15) is 15.9 Å². The van der Waals surface area contributed by atoms with Crippen molar-refractivity contribution in [2.75, 3.05) is 11.9 Å². The van der Waals surface area contributed by atoms with Gasteiger partial charge in [0.1, 0.15) is 5.56 Å². The minimum atomic E-state index is -1.32. The number of benzene rings is 1. The van der Waals surface area contributed by atoms with Crippen LogP contribution in [0.4, 0.5) is 11.4 Å². The van der Waals surface area contributed by atoms with Gasteiger partial charge in [-0.3, -0.25) is 15.1 Å². The number of rotatable bonds is 6. The number of nitro benzene ring substituents is 1. The quantitative estimate of drug-likeness (QED) is 0.624. The van der Waals surface area contributed by atoms with Crippen molar-refractivity contribution in [3.63, 3.8) is 0 Å². The second kappa shape index (κ2) is 6.47. The highest BCUT2D eigenvalue weighted by Crippen LogP contribution is 2.22. The van der Waals surface area contributed by atoms with E-state index in [0.29, 0.717) is 12.2 Å². The minimum Gasteiger partial charge on any atom is -0.477 e. The van der Waals surface area contributed by atoms with Crippen LogP contribution in [0, 0.1) is 10.1 Å². The number of aromatic carboxylic acids is 1. The van der Waals surface area contributed by atoms with Gasteiger partial charge in [-0.25, -0.2) is 4.79 Å². The average molecular weight is 287 g/mol. The molecule has 108 valence electrons. The monoisotopic (exact) mass is 287 g/mol. The van der Waals surface area contributed by atoms with Gasteiger partial charge in [-0.1, -0.05) is 0 Å². The first kappa shape index (κ1) is 14.4. The average Bonchev–Trinajstić information content (AvgIpc) is 2.48. The maximum absolute atomic E-state index is 11.0. The Morgan fingerprint density at radius 1 is 1.29 bits per heavy atom. The maximum atomic E-state index is 11.0. The Balaban J connectivity index is 2.05. The summed E-state index contributed by atoms with van der Waals surface area (Å²) in [6.45, 7) is 0.584. The summed E-state index contributed by atoms with van der Waals surface area (Å²) in [6, 6.07) is 7.74. The van der Waals surface area contributed by atoms with Gasteiger partial charge in [0.2, 0.25) is 0 Å². The largest absolute Gasteiger partial charge is 0.477 e. The number of hydrogen-bond acceptors (Lipinski definition) is 5. The Morgan fingerprint density at radius 3 is 2.62 bits per heavy atom. The SMILES string of the molecule is O=C(O)c1cc(NCCc2ccncc2)ccc1[N+](=O)[O-]. The number of carboxylic acids is 1. The second-order valence-corrected chi connectivity index (χ2v) is 4.33. The van der Waals surface area contributed by atoms with Crippen LogP contribution in [0.3, 0.4) is 0 Å². The number of hydrogen-bond donors (Lipinski definition) is 2. The molecule has 0 amide bonds. The van der Waals surface area contributed by atoms with Crippen molar-refractivity contribution in [2.24, 2.45) is 0 Å². The number of aromatic nitrogens is 1. The standard InChI is InChI=1S/C14H13N3O4/c18-14(19)12-9-11(1-2-13(12)17(20)21)16-8-5-10-3-6-15-7-4-10/h1-4,6-7,9,16H,5,8H2,(H,18,19). The molecule has 0 radical (unpaired) electrons. The number of nitrogens with one attached hydrogen (secondary N) is 1. The first-order valence-electron chi connectivity index (χ1n) is 6.22. The number of carbonyl (C=O) groups is 1. The lowest BCUT2D eigenvalue weighted by Gasteiger charge is -2.07. The van der Waals surface area contributed by atoms with E-state index in [2.05, 4.69) is 10.3 Å². The van der Waals surface area contributed by atoms with E-state index in [9.17, 15) is 14.9 Å². The summed E-state index contributed by atoms with van der Waals surface area (Å²) in [4.78, 5) is 25.0. The normalized spacial score (nSPS) is 10.1. The van der Waals surface area contributed by atoms with E-state index >= 15 is 0 Å². The van der Waals surface area contributed by atoms with E-state index in [0.717, 1.165) is 12.0 Å². The van der Waals surface area contributed by atoms with E-state index in [1.54, 1.807) is 12.4 Å². The summed E-state index contributed by atoms with van der Waals surface area (Å²) < 4.78 is 0. The molecule has 0 unspecified atom stereocenters. The molecule has 2 rings (SSSR count). The van der Waals surface area contributed by atoms with Crippen molar-refractivity contribution >= 4 is 17.3 Å². The van der Waals surface area contributed by atoms with Gasteiger partial charge in [0.25, 0.3) is 5.69 Å². The van der Waals surface area contributed by atoms with Crippen molar-refractivity contribution < 1.29 is 14.8 Å². The smallest absolute Gasteiger partial charge is 0.342 e. The van der Waals surface area contributed by atoms with Crippen LogP contribution in [0.5, 0.6) is 0 Å². The van der Waals surface area contributed by atoms with Crippen LogP contribution in [0.25, 0.3) is 0 Å². The van der Waals surface area contributed by atoms with Gasteiger partial charge in [0.05, 0.1) is 4.92 Å². The Bertz CT molecular complexity index is 659. The lowest BCUT2D eigenvalue weighted by atomic mass is 10.1. The number of anilines is 1. The van der Waals surface area contributed by atoms with Gasteiger partial charge in [-0.05, 0) is 36.2 Å². The molecule has 0 aliphatic heterocycles. The van der Waals surface area contributed by atoms with Crippen LogP contribution >= 0.6 is 0 Å².